The topological polar surface area (TPSA) is 62.4 Å². The molecule has 5 nitrogen and oxygen atoms in total. The maximum absolute atomic E-state index is 12.7. The summed E-state index contributed by atoms with van der Waals surface area (Å²) in [5, 5.41) is 2.93. The van der Waals surface area contributed by atoms with E-state index in [9.17, 15) is 9.18 Å². The van der Waals surface area contributed by atoms with Gasteiger partial charge < -0.3 is 10.1 Å². The van der Waals surface area contributed by atoms with Crippen LogP contribution in [0.25, 0.3) is 0 Å². The van der Waals surface area contributed by atoms with E-state index in [0.29, 0.717) is 5.75 Å². The van der Waals surface area contributed by atoms with Crippen molar-refractivity contribution in [2.75, 3.05) is 7.05 Å². The molecule has 3 N–H and O–H groups in total. The zero-order chi connectivity index (χ0) is 13.5. The number of halogens is 1. The van der Waals surface area contributed by atoms with Crippen LogP contribution in [0.3, 0.4) is 0 Å². The van der Waals surface area contributed by atoms with Crippen molar-refractivity contribution in [3.05, 3.63) is 30.1 Å². The zero-order valence-electron chi connectivity index (χ0n) is 9.99. The summed E-state index contributed by atoms with van der Waals surface area (Å²) in [5.74, 6) is -0.340. The number of ether oxygens (including phenoxy) is 1. The third-order valence-corrected chi connectivity index (χ3v) is 2.33. The van der Waals surface area contributed by atoms with Gasteiger partial charge in [0.1, 0.15) is 11.6 Å². The molecule has 0 fully saturated rings. The second kappa shape index (κ2) is 6.75. The van der Waals surface area contributed by atoms with E-state index in [-0.39, 0.29) is 10.9 Å². The molecule has 1 aromatic rings. The lowest BCUT2D eigenvalue weighted by molar-refractivity contribution is -0.127. The molecule has 1 amide bonds. The van der Waals surface area contributed by atoms with Crippen LogP contribution in [-0.4, -0.2) is 24.2 Å². The van der Waals surface area contributed by atoms with Crippen LogP contribution >= 0.6 is 12.2 Å². The molecule has 0 unspecified atom stereocenters. The molecule has 18 heavy (non-hydrogen) atoms. The molecule has 0 spiro atoms. The highest BCUT2D eigenvalue weighted by Gasteiger charge is 2.14. The molecule has 1 aromatic carbocycles. The van der Waals surface area contributed by atoms with Gasteiger partial charge in [-0.15, -0.1) is 0 Å². The van der Waals surface area contributed by atoms with Crippen molar-refractivity contribution < 1.29 is 13.9 Å². The van der Waals surface area contributed by atoms with Gasteiger partial charge in [0.2, 0.25) is 0 Å². The SMILES string of the molecule is CNC(=S)NNC(=O)[C@H](C)Oc1ccc(F)cc1. The van der Waals surface area contributed by atoms with Crippen LogP contribution in [0.2, 0.25) is 0 Å². The maximum atomic E-state index is 12.7. The second-order valence-corrected chi connectivity index (χ2v) is 3.82. The summed E-state index contributed by atoms with van der Waals surface area (Å²) >= 11 is 4.78. The quantitative estimate of drug-likeness (QED) is 0.558. The summed E-state index contributed by atoms with van der Waals surface area (Å²) in [6.07, 6.45) is -0.734. The van der Waals surface area contributed by atoms with Crippen LogP contribution in [0.1, 0.15) is 6.92 Å². The highest BCUT2D eigenvalue weighted by atomic mass is 32.1. The van der Waals surface area contributed by atoms with Gasteiger partial charge in [0.25, 0.3) is 5.91 Å². The van der Waals surface area contributed by atoms with Crippen molar-refractivity contribution in [3.63, 3.8) is 0 Å². The molecule has 0 aliphatic carbocycles. The minimum absolute atomic E-state index is 0.289. The standard InChI is InChI=1S/C11H14FN3O2S/c1-7(10(16)14-15-11(18)13-2)17-9-5-3-8(12)4-6-9/h3-7H,1-2H3,(H,14,16)(H2,13,15,18)/t7-/m0/s1. The van der Waals surface area contributed by atoms with E-state index in [1.165, 1.54) is 24.3 Å². The molecule has 0 bridgehead atoms. The van der Waals surface area contributed by atoms with Crippen LogP contribution < -0.4 is 20.9 Å². The van der Waals surface area contributed by atoms with E-state index < -0.39 is 12.0 Å². The largest absolute Gasteiger partial charge is 0.481 e. The van der Waals surface area contributed by atoms with Gasteiger partial charge in [-0.3, -0.25) is 15.6 Å². The highest BCUT2D eigenvalue weighted by molar-refractivity contribution is 7.80. The number of hydrogen-bond acceptors (Lipinski definition) is 3. The first-order valence-corrected chi connectivity index (χ1v) is 5.63. The number of carbonyl (C=O) groups excluding carboxylic acids is 1. The minimum atomic E-state index is -0.734. The van der Waals surface area contributed by atoms with Crippen molar-refractivity contribution in [2.45, 2.75) is 13.0 Å². The van der Waals surface area contributed by atoms with Gasteiger partial charge in [0, 0.05) is 7.05 Å². The van der Waals surface area contributed by atoms with Gasteiger partial charge in [-0.2, -0.15) is 0 Å². The zero-order valence-corrected chi connectivity index (χ0v) is 10.8. The third-order valence-electron chi connectivity index (χ3n) is 2.02. The first-order chi connectivity index (χ1) is 8.52. The van der Waals surface area contributed by atoms with E-state index in [2.05, 4.69) is 16.2 Å². The Morgan fingerprint density at radius 1 is 1.33 bits per heavy atom. The van der Waals surface area contributed by atoms with Crippen molar-refractivity contribution in [2.24, 2.45) is 0 Å². The van der Waals surface area contributed by atoms with Crippen molar-refractivity contribution in [3.8, 4) is 5.75 Å². The predicted octanol–water partition coefficient (Wildman–Crippen LogP) is 0.718. The normalized spacial score (nSPS) is 11.3. The number of thiocarbonyl (C=S) groups is 1. The number of hydrazine groups is 1. The molecule has 7 heteroatoms. The Kier molecular flexibility index (Phi) is 5.31. The number of benzene rings is 1. The Morgan fingerprint density at radius 2 is 1.94 bits per heavy atom. The fraction of sp³-hybridized carbons (Fsp3) is 0.273. The average Bonchev–Trinajstić information content (AvgIpc) is 2.38. The molecule has 1 rings (SSSR count). The summed E-state index contributed by atoms with van der Waals surface area (Å²) in [7, 11) is 1.62. The number of carbonyl (C=O) groups is 1. The molecule has 0 aliphatic heterocycles. The summed E-state index contributed by atoms with van der Waals surface area (Å²) in [6.45, 7) is 1.57. The number of amides is 1. The lowest BCUT2D eigenvalue weighted by atomic mass is 10.3. The van der Waals surface area contributed by atoms with Crippen molar-refractivity contribution >= 4 is 23.2 Å². The number of rotatable bonds is 3. The van der Waals surface area contributed by atoms with Gasteiger partial charge in [0.05, 0.1) is 0 Å². The van der Waals surface area contributed by atoms with Gasteiger partial charge >= 0.3 is 0 Å². The van der Waals surface area contributed by atoms with E-state index in [1.807, 2.05) is 0 Å². The monoisotopic (exact) mass is 271 g/mol. The molecule has 0 saturated heterocycles. The number of nitrogens with one attached hydrogen (secondary N) is 3. The summed E-state index contributed by atoms with van der Waals surface area (Å²) < 4.78 is 18.0. The Balaban J connectivity index is 2.44. The Labute approximate surface area is 110 Å². The first-order valence-electron chi connectivity index (χ1n) is 5.22. The smallest absolute Gasteiger partial charge is 0.279 e. The maximum Gasteiger partial charge on any atom is 0.279 e. The van der Waals surface area contributed by atoms with Crippen LogP contribution in [0.4, 0.5) is 4.39 Å². The molecular weight excluding hydrogens is 257 g/mol. The Hall–Kier alpha value is -1.89. The molecule has 0 aliphatic rings. The van der Waals surface area contributed by atoms with Gasteiger partial charge in [-0.05, 0) is 43.4 Å². The Bertz CT molecular complexity index is 425. The highest BCUT2D eigenvalue weighted by Crippen LogP contribution is 2.12. The molecule has 0 aromatic heterocycles. The van der Waals surface area contributed by atoms with E-state index >= 15 is 0 Å². The predicted molar refractivity (Wildman–Crippen MR) is 69.4 cm³/mol. The van der Waals surface area contributed by atoms with Crippen LogP contribution in [-0.2, 0) is 4.79 Å². The lowest BCUT2D eigenvalue weighted by Gasteiger charge is -2.15. The fourth-order valence-corrected chi connectivity index (χ4v) is 1.10. The van der Waals surface area contributed by atoms with Gasteiger partial charge in [-0.25, -0.2) is 4.39 Å². The first kappa shape index (κ1) is 14.2. The van der Waals surface area contributed by atoms with Crippen molar-refractivity contribution in [1.82, 2.24) is 16.2 Å². The van der Waals surface area contributed by atoms with Crippen LogP contribution in [0.15, 0.2) is 24.3 Å². The van der Waals surface area contributed by atoms with Crippen LogP contribution in [0, 0.1) is 5.82 Å². The molecule has 98 valence electrons. The molecule has 1 atom stereocenters. The van der Waals surface area contributed by atoms with Gasteiger partial charge in [0.15, 0.2) is 11.2 Å². The number of hydrogen-bond donors (Lipinski definition) is 3. The average molecular weight is 271 g/mol. The van der Waals surface area contributed by atoms with Gasteiger partial charge in [-0.1, -0.05) is 0 Å². The molecule has 0 radical (unpaired) electrons. The second-order valence-electron chi connectivity index (χ2n) is 3.41. The summed E-state index contributed by atoms with van der Waals surface area (Å²) in [4.78, 5) is 11.6. The lowest BCUT2D eigenvalue weighted by Crippen LogP contribution is -2.49. The summed E-state index contributed by atoms with van der Waals surface area (Å²) in [6, 6.07) is 5.41. The van der Waals surface area contributed by atoms with Crippen LogP contribution in [0.5, 0.6) is 5.75 Å². The molecule has 0 saturated carbocycles. The van der Waals surface area contributed by atoms with E-state index in [1.54, 1.807) is 14.0 Å². The molecular formula is C11H14FN3O2S. The fourth-order valence-electron chi connectivity index (χ4n) is 1.05. The summed E-state index contributed by atoms with van der Waals surface area (Å²) in [5.41, 5.74) is 4.86. The molecule has 0 heterocycles. The Morgan fingerprint density at radius 3 is 2.50 bits per heavy atom. The minimum Gasteiger partial charge on any atom is -0.481 e. The van der Waals surface area contributed by atoms with E-state index in [0.717, 1.165) is 0 Å². The van der Waals surface area contributed by atoms with Crippen molar-refractivity contribution in [1.29, 1.82) is 0 Å². The van der Waals surface area contributed by atoms with E-state index in [4.69, 9.17) is 17.0 Å². The third kappa shape index (κ3) is 4.54.